The Morgan fingerprint density at radius 3 is 2.50 bits per heavy atom. The van der Waals surface area contributed by atoms with E-state index in [-0.39, 0.29) is 13.2 Å². The van der Waals surface area contributed by atoms with Crippen LogP contribution in [0.3, 0.4) is 0 Å². The van der Waals surface area contributed by atoms with Crippen LogP contribution in [0, 0.1) is 0 Å². The molecule has 0 aliphatic carbocycles. The van der Waals surface area contributed by atoms with Gasteiger partial charge in [0.2, 0.25) is 5.91 Å². The zero-order chi connectivity index (χ0) is 27.3. The number of carbonyl (C=O) groups is 2. The summed E-state index contributed by atoms with van der Waals surface area (Å²) in [6.45, 7) is -0.0374. The van der Waals surface area contributed by atoms with Crippen LogP contribution in [-0.4, -0.2) is 49.8 Å². The molecule has 3 aromatic rings. The highest BCUT2D eigenvalue weighted by molar-refractivity contribution is 7.98. The number of hydrogen-bond acceptors (Lipinski definition) is 8. The van der Waals surface area contributed by atoms with Crippen LogP contribution in [0.4, 0.5) is 21.9 Å². The lowest BCUT2D eigenvalue weighted by Crippen LogP contribution is -2.27. The van der Waals surface area contributed by atoms with Gasteiger partial charge in [0.25, 0.3) is 0 Å². The van der Waals surface area contributed by atoms with Crippen LogP contribution in [0.5, 0.6) is 5.75 Å². The van der Waals surface area contributed by atoms with Gasteiger partial charge in [0.05, 0.1) is 18.0 Å². The first-order chi connectivity index (χ1) is 18.4. The molecule has 5 N–H and O–H groups in total. The van der Waals surface area contributed by atoms with E-state index in [1.807, 2.05) is 18.4 Å². The number of carbonyl (C=O) groups excluding carboxylic acids is 2. The van der Waals surface area contributed by atoms with E-state index < -0.39 is 24.2 Å². The minimum Gasteiger partial charge on any atom is -0.491 e. The quantitative estimate of drug-likeness (QED) is 0.146. The van der Waals surface area contributed by atoms with Gasteiger partial charge in [0.15, 0.2) is 6.10 Å². The molecule has 0 saturated carbocycles. The number of nitrogens with one attached hydrogen (secondary N) is 2. The summed E-state index contributed by atoms with van der Waals surface area (Å²) in [7, 11) is 1.45. The van der Waals surface area contributed by atoms with Crippen LogP contribution in [-0.2, 0) is 14.3 Å². The molecule has 10 heteroatoms. The summed E-state index contributed by atoms with van der Waals surface area (Å²) >= 11 is 1.59. The fourth-order valence-electron chi connectivity index (χ4n) is 3.48. The van der Waals surface area contributed by atoms with Gasteiger partial charge in [-0.15, -0.1) is 11.8 Å². The van der Waals surface area contributed by atoms with Gasteiger partial charge in [-0.1, -0.05) is 24.3 Å². The van der Waals surface area contributed by atoms with Crippen LogP contribution in [0.15, 0.2) is 89.8 Å². The number of aliphatic hydroxyl groups excluding tert-OH is 1. The normalized spacial score (nSPS) is 12.5. The maximum absolute atomic E-state index is 12.9. The molecule has 0 fully saturated rings. The van der Waals surface area contributed by atoms with Crippen LogP contribution >= 0.6 is 11.8 Å². The van der Waals surface area contributed by atoms with Gasteiger partial charge in [-0.05, 0) is 66.4 Å². The number of hydrogen-bond donors (Lipinski definition) is 4. The summed E-state index contributed by atoms with van der Waals surface area (Å²) in [5, 5.41) is 14.5. The first kappa shape index (κ1) is 28.6. The molecule has 0 aromatic heterocycles. The lowest BCUT2D eigenvalue weighted by atomic mass is 10.0. The summed E-state index contributed by atoms with van der Waals surface area (Å²) < 4.78 is 16.9. The predicted octanol–water partition coefficient (Wildman–Crippen LogP) is 4.86. The van der Waals surface area contributed by atoms with E-state index >= 15 is 0 Å². The second-order valence-electron chi connectivity index (χ2n) is 7.96. The van der Waals surface area contributed by atoms with Gasteiger partial charge in [-0.3, -0.25) is 10.1 Å². The van der Waals surface area contributed by atoms with Crippen molar-refractivity contribution in [1.29, 1.82) is 0 Å². The van der Waals surface area contributed by atoms with E-state index in [9.17, 15) is 9.59 Å². The Morgan fingerprint density at radius 2 is 1.82 bits per heavy atom. The van der Waals surface area contributed by atoms with Crippen molar-refractivity contribution in [2.75, 3.05) is 42.9 Å². The zero-order valence-electron chi connectivity index (χ0n) is 21.1. The molecular formula is C28H31N3O6S. The molecule has 200 valence electrons. The lowest BCUT2D eigenvalue weighted by Gasteiger charge is -2.25. The molecule has 0 heterocycles. The Labute approximate surface area is 226 Å². The van der Waals surface area contributed by atoms with E-state index in [1.54, 1.807) is 72.4 Å². The van der Waals surface area contributed by atoms with Crippen molar-refractivity contribution in [3.05, 3.63) is 90.5 Å². The molecule has 0 spiro atoms. The van der Waals surface area contributed by atoms with Crippen LogP contribution in [0.25, 0.3) is 0 Å². The van der Waals surface area contributed by atoms with Gasteiger partial charge in [0, 0.05) is 23.8 Å². The van der Waals surface area contributed by atoms with E-state index in [0.717, 1.165) is 4.90 Å². The molecule has 2 atom stereocenters. The predicted molar refractivity (Wildman–Crippen MR) is 150 cm³/mol. The van der Waals surface area contributed by atoms with E-state index in [0.29, 0.717) is 28.4 Å². The number of rotatable bonds is 12. The fourth-order valence-corrected chi connectivity index (χ4v) is 3.89. The van der Waals surface area contributed by atoms with Gasteiger partial charge in [-0.25, -0.2) is 4.79 Å². The highest BCUT2D eigenvalue weighted by atomic mass is 32.2. The minimum atomic E-state index is -0.936. The molecule has 0 aliphatic rings. The average Bonchev–Trinajstić information content (AvgIpc) is 2.93. The van der Waals surface area contributed by atoms with Gasteiger partial charge in [0.1, 0.15) is 18.5 Å². The van der Waals surface area contributed by atoms with Crippen molar-refractivity contribution in [1.82, 2.24) is 0 Å². The van der Waals surface area contributed by atoms with Gasteiger partial charge >= 0.3 is 6.09 Å². The molecule has 38 heavy (non-hydrogen) atoms. The monoisotopic (exact) mass is 537 g/mol. The largest absolute Gasteiger partial charge is 0.491 e. The number of para-hydroxylation sites is 2. The molecule has 0 saturated heterocycles. The van der Waals surface area contributed by atoms with E-state index in [4.69, 9.17) is 25.1 Å². The maximum atomic E-state index is 12.9. The molecule has 2 amide bonds. The highest BCUT2D eigenvalue weighted by Gasteiger charge is 2.26. The maximum Gasteiger partial charge on any atom is 0.412 e. The summed E-state index contributed by atoms with van der Waals surface area (Å²) in [6.07, 6.45) is 2.29. The van der Waals surface area contributed by atoms with Crippen molar-refractivity contribution in [3.8, 4) is 5.75 Å². The number of aliphatic hydroxyl groups is 1. The third-order valence-corrected chi connectivity index (χ3v) is 6.09. The second kappa shape index (κ2) is 14.7. The molecule has 0 radical (unpaired) electrons. The zero-order valence-corrected chi connectivity index (χ0v) is 21.9. The van der Waals surface area contributed by atoms with Crippen molar-refractivity contribution < 1.29 is 28.9 Å². The molecule has 9 nitrogen and oxygen atoms in total. The molecule has 0 bridgehead atoms. The molecule has 0 unspecified atom stereocenters. The van der Waals surface area contributed by atoms with Crippen LogP contribution < -0.4 is 21.1 Å². The van der Waals surface area contributed by atoms with Gasteiger partial charge < -0.3 is 30.4 Å². The molecule has 3 rings (SSSR count). The SMILES string of the molecule is CO[C@H](/C=C/C(=O)Nc1ccccc1N)[C@H](OC(=O)Nc1ccc(SC)cc1)c1cccc(OCCO)c1. The number of amides is 2. The number of ether oxygens (including phenoxy) is 3. The number of nitrogens with two attached hydrogens (primary N) is 1. The van der Waals surface area contributed by atoms with Gasteiger partial charge in [-0.2, -0.15) is 0 Å². The van der Waals surface area contributed by atoms with Crippen molar-refractivity contribution in [3.63, 3.8) is 0 Å². The summed E-state index contributed by atoms with van der Waals surface area (Å²) in [4.78, 5) is 26.5. The van der Waals surface area contributed by atoms with E-state index in [1.165, 1.54) is 19.3 Å². The summed E-state index contributed by atoms with van der Waals surface area (Å²) in [5.74, 6) is 0.0522. The fraction of sp³-hybridized carbons (Fsp3) is 0.214. The van der Waals surface area contributed by atoms with Crippen molar-refractivity contribution in [2.45, 2.75) is 17.1 Å². The number of anilines is 3. The highest BCUT2D eigenvalue weighted by Crippen LogP contribution is 2.28. The summed E-state index contributed by atoms with van der Waals surface area (Å²) in [5.41, 5.74) is 7.94. The number of benzene rings is 3. The van der Waals surface area contributed by atoms with Crippen LogP contribution in [0.2, 0.25) is 0 Å². The number of methoxy groups -OCH3 is 1. The summed E-state index contributed by atoms with van der Waals surface area (Å²) in [6, 6.07) is 21.1. The molecule has 0 aliphatic heterocycles. The Morgan fingerprint density at radius 1 is 1.05 bits per heavy atom. The first-order valence-corrected chi connectivity index (χ1v) is 13.0. The Bertz CT molecular complexity index is 1240. The average molecular weight is 538 g/mol. The molecule has 3 aromatic carbocycles. The first-order valence-electron chi connectivity index (χ1n) is 11.7. The third-order valence-electron chi connectivity index (χ3n) is 5.34. The lowest BCUT2D eigenvalue weighted by molar-refractivity contribution is -0.112. The van der Waals surface area contributed by atoms with Crippen molar-refractivity contribution >= 4 is 40.8 Å². The van der Waals surface area contributed by atoms with E-state index in [2.05, 4.69) is 10.6 Å². The Hall–Kier alpha value is -3.99. The minimum absolute atomic E-state index is 0.109. The third kappa shape index (κ3) is 8.55. The van der Waals surface area contributed by atoms with Crippen molar-refractivity contribution in [2.24, 2.45) is 0 Å². The molecular weight excluding hydrogens is 506 g/mol. The number of thioether (sulfide) groups is 1. The smallest absolute Gasteiger partial charge is 0.412 e. The number of nitrogen functional groups attached to an aromatic ring is 1. The second-order valence-corrected chi connectivity index (χ2v) is 8.84. The Kier molecular flexibility index (Phi) is 11.0. The standard InChI is InChI=1S/C28H31N3O6S/c1-35-25(14-15-26(33)31-24-9-4-3-8-23(24)29)27(19-6-5-7-21(18-19)36-17-16-32)37-28(34)30-20-10-12-22(38-2)13-11-20/h3-15,18,25,27,32H,16-17,29H2,1-2H3,(H,30,34)(H,31,33)/b15-14+/t25-,27-/m1/s1. The Balaban J connectivity index is 1.81. The van der Waals surface area contributed by atoms with Crippen LogP contribution in [0.1, 0.15) is 11.7 Å². The topological polar surface area (TPSA) is 132 Å².